The zero-order valence-corrected chi connectivity index (χ0v) is 12.8. The molecule has 3 aromatic rings. The number of hydrogen-bond donors (Lipinski definition) is 1. The zero-order valence-electron chi connectivity index (χ0n) is 10.5. The molecule has 3 rings (SSSR count). The third-order valence-electron chi connectivity index (χ3n) is 2.76. The zero-order chi connectivity index (χ0) is 14.1. The number of fused-ring (bicyclic) bond motifs is 1. The highest BCUT2D eigenvalue weighted by atomic mass is 35.5. The number of rotatable bonds is 3. The molecule has 0 aliphatic rings. The Morgan fingerprint density at radius 3 is 2.80 bits per heavy atom. The van der Waals surface area contributed by atoms with Crippen molar-refractivity contribution in [2.45, 2.75) is 0 Å². The number of aromatic nitrogens is 1. The molecule has 0 aliphatic carbocycles. The van der Waals surface area contributed by atoms with E-state index in [1.807, 2.05) is 18.2 Å². The number of hydrogen-bond acceptors (Lipinski definition) is 4. The summed E-state index contributed by atoms with van der Waals surface area (Å²) >= 11 is 13.6. The van der Waals surface area contributed by atoms with Gasteiger partial charge in [-0.05, 0) is 30.3 Å². The SMILES string of the molecule is COc1ccc2sc(Nc3cc(Cl)ccc3Cl)nc2c1. The summed E-state index contributed by atoms with van der Waals surface area (Å²) < 4.78 is 6.27. The van der Waals surface area contributed by atoms with Crippen LogP contribution >= 0.6 is 34.5 Å². The van der Waals surface area contributed by atoms with Crippen molar-refractivity contribution in [1.29, 1.82) is 0 Å². The van der Waals surface area contributed by atoms with E-state index < -0.39 is 0 Å². The van der Waals surface area contributed by atoms with E-state index in [2.05, 4.69) is 10.3 Å². The Bertz CT molecular complexity index is 773. The molecule has 102 valence electrons. The molecular weight excluding hydrogens is 315 g/mol. The summed E-state index contributed by atoms with van der Waals surface area (Å²) in [4.78, 5) is 4.51. The van der Waals surface area contributed by atoms with Gasteiger partial charge in [0, 0.05) is 11.1 Å². The van der Waals surface area contributed by atoms with E-state index in [4.69, 9.17) is 27.9 Å². The Kier molecular flexibility index (Phi) is 3.70. The molecular formula is C14H10Cl2N2OS. The number of anilines is 2. The van der Waals surface area contributed by atoms with Crippen LogP contribution in [0, 0.1) is 0 Å². The van der Waals surface area contributed by atoms with Crippen LogP contribution in [0.25, 0.3) is 10.2 Å². The van der Waals surface area contributed by atoms with Crippen LogP contribution in [0.4, 0.5) is 10.8 Å². The average Bonchev–Trinajstić information content (AvgIpc) is 2.84. The molecule has 0 fully saturated rings. The maximum atomic E-state index is 6.13. The Hall–Kier alpha value is -1.49. The Labute approximate surface area is 130 Å². The standard InChI is InChI=1S/C14H10Cl2N2OS/c1-19-9-3-5-13-12(7-9)18-14(20-13)17-11-6-8(15)2-4-10(11)16/h2-7H,1H3,(H,17,18). The number of thiazole rings is 1. The number of benzene rings is 2. The molecule has 20 heavy (non-hydrogen) atoms. The van der Waals surface area contributed by atoms with Gasteiger partial charge in [0.2, 0.25) is 0 Å². The lowest BCUT2D eigenvalue weighted by Crippen LogP contribution is -1.90. The summed E-state index contributed by atoms with van der Waals surface area (Å²) in [6.45, 7) is 0. The number of halogens is 2. The molecule has 0 atom stereocenters. The molecule has 0 saturated heterocycles. The highest BCUT2D eigenvalue weighted by Gasteiger charge is 2.07. The molecule has 1 aromatic heterocycles. The molecule has 0 spiro atoms. The van der Waals surface area contributed by atoms with Gasteiger partial charge in [0.1, 0.15) is 5.75 Å². The van der Waals surface area contributed by atoms with Crippen LogP contribution in [0.3, 0.4) is 0 Å². The van der Waals surface area contributed by atoms with Crippen molar-refractivity contribution >= 4 is 55.6 Å². The first kappa shape index (κ1) is 13.5. The number of ether oxygens (including phenoxy) is 1. The fourth-order valence-corrected chi connectivity index (χ4v) is 2.99. The predicted molar refractivity (Wildman–Crippen MR) is 85.9 cm³/mol. The second kappa shape index (κ2) is 5.48. The predicted octanol–water partition coefficient (Wildman–Crippen LogP) is 5.36. The highest BCUT2D eigenvalue weighted by Crippen LogP contribution is 2.33. The fourth-order valence-electron chi connectivity index (χ4n) is 1.80. The van der Waals surface area contributed by atoms with Crippen LogP contribution in [-0.4, -0.2) is 12.1 Å². The topological polar surface area (TPSA) is 34.1 Å². The average molecular weight is 325 g/mol. The van der Waals surface area contributed by atoms with E-state index >= 15 is 0 Å². The van der Waals surface area contributed by atoms with Crippen LogP contribution in [0.5, 0.6) is 5.75 Å². The third-order valence-corrected chi connectivity index (χ3v) is 4.28. The second-order valence-electron chi connectivity index (χ2n) is 4.10. The minimum Gasteiger partial charge on any atom is -0.497 e. The minimum absolute atomic E-state index is 0.603. The summed E-state index contributed by atoms with van der Waals surface area (Å²) in [5.41, 5.74) is 1.63. The van der Waals surface area contributed by atoms with Crippen molar-refractivity contribution < 1.29 is 4.74 Å². The molecule has 0 bridgehead atoms. The van der Waals surface area contributed by atoms with Crippen molar-refractivity contribution in [2.24, 2.45) is 0 Å². The first-order chi connectivity index (χ1) is 9.65. The largest absolute Gasteiger partial charge is 0.497 e. The van der Waals surface area contributed by atoms with E-state index in [0.717, 1.165) is 26.8 Å². The van der Waals surface area contributed by atoms with Crippen molar-refractivity contribution in [1.82, 2.24) is 4.98 Å². The van der Waals surface area contributed by atoms with Crippen LogP contribution in [0.2, 0.25) is 10.0 Å². The normalized spacial score (nSPS) is 10.8. The number of nitrogens with zero attached hydrogens (tertiary/aromatic N) is 1. The lowest BCUT2D eigenvalue weighted by molar-refractivity contribution is 0.415. The summed E-state index contributed by atoms with van der Waals surface area (Å²) in [5.74, 6) is 0.787. The Morgan fingerprint density at radius 2 is 2.00 bits per heavy atom. The minimum atomic E-state index is 0.603. The van der Waals surface area contributed by atoms with Gasteiger partial charge in [-0.1, -0.05) is 34.5 Å². The monoisotopic (exact) mass is 324 g/mol. The number of nitrogens with one attached hydrogen (secondary N) is 1. The van der Waals surface area contributed by atoms with Gasteiger partial charge in [-0.25, -0.2) is 4.98 Å². The quantitative estimate of drug-likeness (QED) is 0.704. The van der Waals surface area contributed by atoms with E-state index in [1.54, 1.807) is 36.6 Å². The maximum absolute atomic E-state index is 6.13. The van der Waals surface area contributed by atoms with Gasteiger partial charge >= 0.3 is 0 Å². The fraction of sp³-hybridized carbons (Fsp3) is 0.0714. The van der Waals surface area contributed by atoms with Gasteiger partial charge in [-0.15, -0.1) is 0 Å². The first-order valence-corrected chi connectivity index (χ1v) is 7.39. The van der Waals surface area contributed by atoms with Gasteiger partial charge in [0.05, 0.1) is 28.0 Å². The lowest BCUT2D eigenvalue weighted by atomic mass is 10.3. The third kappa shape index (κ3) is 2.68. The molecule has 1 heterocycles. The van der Waals surface area contributed by atoms with E-state index in [9.17, 15) is 0 Å². The lowest BCUT2D eigenvalue weighted by Gasteiger charge is -2.05. The molecule has 0 amide bonds. The van der Waals surface area contributed by atoms with Crippen LogP contribution in [0.1, 0.15) is 0 Å². The molecule has 6 heteroatoms. The maximum Gasteiger partial charge on any atom is 0.188 e. The van der Waals surface area contributed by atoms with Crippen molar-refractivity contribution in [3.05, 3.63) is 46.4 Å². The highest BCUT2D eigenvalue weighted by molar-refractivity contribution is 7.22. The van der Waals surface area contributed by atoms with E-state index in [-0.39, 0.29) is 0 Å². The molecule has 1 N–H and O–H groups in total. The molecule has 0 radical (unpaired) electrons. The molecule has 0 saturated carbocycles. The molecule has 3 nitrogen and oxygen atoms in total. The summed E-state index contributed by atoms with van der Waals surface area (Å²) in [7, 11) is 1.64. The van der Waals surface area contributed by atoms with Crippen LogP contribution < -0.4 is 10.1 Å². The number of methoxy groups -OCH3 is 1. The first-order valence-electron chi connectivity index (χ1n) is 5.82. The van der Waals surface area contributed by atoms with Gasteiger partial charge in [0.25, 0.3) is 0 Å². The van der Waals surface area contributed by atoms with E-state index in [0.29, 0.717) is 10.0 Å². The van der Waals surface area contributed by atoms with Gasteiger partial charge in [0.15, 0.2) is 5.13 Å². The van der Waals surface area contributed by atoms with Crippen molar-refractivity contribution in [3.63, 3.8) is 0 Å². The van der Waals surface area contributed by atoms with Crippen molar-refractivity contribution in [2.75, 3.05) is 12.4 Å². The van der Waals surface area contributed by atoms with E-state index in [1.165, 1.54) is 0 Å². The van der Waals surface area contributed by atoms with Gasteiger partial charge in [-0.2, -0.15) is 0 Å². The van der Waals surface area contributed by atoms with Crippen LogP contribution in [-0.2, 0) is 0 Å². The molecule has 2 aromatic carbocycles. The Balaban J connectivity index is 1.96. The summed E-state index contributed by atoms with van der Waals surface area (Å²) in [5, 5.41) is 5.18. The second-order valence-corrected chi connectivity index (χ2v) is 5.98. The van der Waals surface area contributed by atoms with Crippen LogP contribution in [0.15, 0.2) is 36.4 Å². The molecule has 0 aliphatic heterocycles. The summed E-state index contributed by atoms with van der Waals surface area (Å²) in [6.07, 6.45) is 0. The van der Waals surface area contributed by atoms with Crippen molar-refractivity contribution in [3.8, 4) is 5.75 Å². The smallest absolute Gasteiger partial charge is 0.188 e. The molecule has 0 unspecified atom stereocenters. The van der Waals surface area contributed by atoms with Gasteiger partial charge < -0.3 is 10.1 Å². The Morgan fingerprint density at radius 1 is 1.15 bits per heavy atom. The summed E-state index contributed by atoms with van der Waals surface area (Å²) in [6, 6.07) is 11.1. The van der Waals surface area contributed by atoms with Gasteiger partial charge in [-0.3, -0.25) is 0 Å².